The molecule has 1 aromatic carbocycles. The van der Waals surface area contributed by atoms with E-state index in [1.165, 1.54) is 0 Å². The highest BCUT2D eigenvalue weighted by Gasteiger charge is 2.33. The maximum atomic E-state index is 13.5. The summed E-state index contributed by atoms with van der Waals surface area (Å²) in [4.78, 5) is 30.9. The third-order valence-corrected chi connectivity index (χ3v) is 6.64. The minimum absolute atomic E-state index is 0.0316. The van der Waals surface area contributed by atoms with Crippen molar-refractivity contribution >= 4 is 23.3 Å². The fraction of sp³-hybridized carbons (Fsp3) is 0.440. The molecule has 11 heteroatoms. The molecule has 0 saturated carbocycles. The predicted octanol–water partition coefficient (Wildman–Crippen LogP) is 2.69. The molecule has 1 saturated heterocycles. The van der Waals surface area contributed by atoms with Gasteiger partial charge in [-0.05, 0) is 37.1 Å². The van der Waals surface area contributed by atoms with Crippen LogP contribution < -0.4 is 19.7 Å². The number of amides is 1. The van der Waals surface area contributed by atoms with E-state index in [-0.39, 0.29) is 12.7 Å². The number of imidazole rings is 1. The maximum absolute atomic E-state index is 13.5. The topological polar surface area (TPSA) is 97.6 Å². The van der Waals surface area contributed by atoms with E-state index < -0.39 is 6.04 Å². The Morgan fingerprint density at radius 1 is 1.19 bits per heavy atom. The smallest absolute Gasteiger partial charge is 0.244 e. The van der Waals surface area contributed by atoms with Gasteiger partial charge in [-0.2, -0.15) is 4.98 Å². The van der Waals surface area contributed by atoms with Gasteiger partial charge in [0.1, 0.15) is 23.3 Å². The number of benzene rings is 1. The molecule has 0 bridgehead atoms. The summed E-state index contributed by atoms with van der Waals surface area (Å²) in [6, 6.07) is 7.20. The maximum Gasteiger partial charge on any atom is 0.244 e. The molecule has 1 N–H and O–H groups in total. The zero-order chi connectivity index (χ0) is 24.9. The molecule has 5 rings (SSSR count). The quantitative estimate of drug-likeness (QED) is 0.438. The van der Waals surface area contributed by atoms with Gasteiger partial charge in [0.25, 0.3) is 0 Å². The van der Waals surface area contributed by atoms with Crippen molar-refractivity contribution in [2.24, 2.45) is 0 Å². The molecule has 10 nitrogen and oxygen atoms in total. The van der Waals surface area contributed by atoms with Crippen LogP contribution in [0.4, 0.5) is 5.82 Å². The number of unbranched alkanes of at least 4 members (excludes halogenated alkanes) is 1. The van der Waals surface area contributed by atoms with E-state index in [1.807, 2.05) is 23.1 Å². The monoisotopic (exact) mass is 511 g/mol. The van der Waals surface area contributed by atoms with Gasteiger partial charge in [0.15, 0.2) is 11.5 Å². The first-order chi connectivity index (χ1) is 17.6. The molecule has 3 aromatic rings. The number of hydrogen-bond acceptors (Lipinski definition) is 8. The Balaban J connectivity index is 1.30. The Hall–Kier alpha value is -3.37. The van der Waals surface area contributed by atoms with Crippen LogP contribution in [0.3, 0.4) is 0 Å². The molecule has 4 heterocycles. The van der Waals surface area contributed by atoms with Gasteiger partial charge >= 0.3 is 0 Å². The van der Waals surface area contributed by atoms with Crippen molar-refractivity contribution < 1.29 is 14.3 Å². The zero-order valence-electron chi connectivity index (χ0n) is 20.3. The first-order valence-corrected chi connectivity index (χ1v) is 12.7. The van der Waals surface area contributed by atoms with E-state index in [4.69, 9.17) is 26.1 Å². The summed E-state index contributed by atoms with van der Waals surface area (Å²) in [5.74, 6) is 2.52. The minimum Gasteiger partial charge on any atom is -0.454 e. The second-order valence-electron chi connectivity index (χ2n) is 8.91. The normalized spacial score (nSPS) is 17.4. The number of piperazine rings is 1. The van der Waals surface area contributed by atoms with Gasteiger partial charge in [-0.3, -0.25) is 14.3 Å². The van der Waals surface area contributed by atoms with Crippen molar-refractivity contribution in [3.05, 3.63) is 53.7 Å². The van der Waals surface area contributed by atoms with E-state index in [1.54, 1.807) is 29.4 Å². The number of nitrogens with zero attached hydrogens (tertiary/aromatic N) is 6. The van der Waals surface area contributed by atoms with Crippen molar-refractivity contribution in [2.45, 2.75) is 32.2 Å². The number of carbonyl (C=O) groups is 1. The Morgan fingerprint density at radius 2 is 2.08 bits per heavy atom. The Kier molecular flexibility index (Phi) is 7.52. The molecule has 36 heavy (non-hydrogen) atoms. The van der Waals surface area contributed by atoms with Gasteiger partial charge < -0.3 is 19.7 Å². The predicted molar refractivity (Wildman–Crippen MR) is 136 cm³/mol. The summed E-state index contributed by atoms with van der Waals surface area (Å²) in [6.45, 7) is 6.05. The van der Waals surface area contributed by atoms with Crippen LogP contribution in [0.5, 0.6) is 11.5 Å². The lowest BCUT2D eigenvalue weighted by molar-refractivity contribution is -0.123. The van der Waals surface area contributed by atoms with Crippen LogP contribution in [0.25, 0.3) is 5.95 Å². The van der Waals surface area contributed by atoms with E-state index in [0.717, 1.165) is 43.0 Å². The molecule has 0 radical (unpaired) electrons. The van der Waals surface area contributed by atoms with Crippen molar-refractivity contribution in [1.29, 1.82) is 0 Å². The second-order valence-corrected chi connectivity index (χ2v) is 9.30. The average Bonchev–Trinajstić information content (AvgIpc) is 3.59. The number of halogens is 1. The van der Waals surface area contributed by atoms with Gasteiger partial charge in [0.05, 0.1) is 0 Å². The second kappa shape index (κ2) is 11.1. The van der Waals surface area contributed by atoms with Gasteiger partial charge in [0.2, 0.25) is 18.6 Å². The summed E-state index contributed by atoms with van der Waals surface area (Å²) in [6.07, 6.45) is 7.95. The third kappa shape index (κ3) is 5.55. The number of fused-ring (bicyclic) bond motifs is 1. The summed E-state index contributed by atoms with van der Waals surface area (Å²) < 4.78 is 12.5. The molecule has 2 aliphatic heterocycles. The van der Waals surface area contributed by atoms with E-state index >= 15 is 0 Å². The van der Waals surface area contributed by atoms with Crippen molar-refractivity contribution in [3.8, 4) is 17.4 Å². The number of nitrogens with one attached hydrogen (secondary N) is 1. The summed E-state index contributed by atoms with van der Waals surface area (Å²) >= 11 is 6.36. The van der Waals surface area contributed by atoms with Gasteiger partial charge in [-0.1, -0.05) is 31.0 Å². The molecule has 1 amide bonds. The van der Waals surface area contributed by atoms with Crippen molar-refractivity contribution in [3.63, 3.8) is 0 Å². The summed E-state index contributed by atoms with van der Waals surface area (Å²) in [5.41, 5.74) is 1.08. The number of hydrogen-bond donors (Lipinski definition) is 1. The Morgan fingerprint density at radius 3 is 2.92 bits per heavy atom. The molecule has 1 fully saturated rings. The number of anilines is 1. The van der Waals surface area contributed by atoms with Crippen LogP contribution in [-0.4, -0.2) is 75.9 Å². The molecule has 2 aromatic heterocycles. The number of rotatable bonds is 9. The van der Waals surface area contributed by atoms with E-state index in [2.05, 4.69) is 27.1 Å². The van der Waals surface area contributed by atoms with Crippen LogP contribution in [0.1, 0.15) is 25.3 Å². The Labute approximate surface area is 215 Å². The van der Waals surface area contributed by atoms with Crippen LogP contribution in [-0.2, 0) is 11.2 Å². The SMILES string of the molecule is CCCCN1CCN(c2cc(Cl)nc(-n3ccnc3)n2)C(C(=O)NCCc2ccc3c(c2)OCO3)C1. The minimum atomic E-state index is -0.394. The van der Waals surface area contributed by atoms with Crippen LogP contribution in [0.15, 0.2) is 43.0 Å². The highest BCUT2D eigenvalue weighted by Crippen LogP contribution is 2.32. The van der Waals surface area contributed by atoms with Gasteiger partial charge in [-0.25, -0.2) is 9.97 Å². The number of aromatic nitrogens is 4. The lowest BCUT2D eigenvalue weighted by atomic mass is 10.1. The third-order valence-electron chi connectivity index (χ3n) is 6.44. The largest absolute Gasteiger partial charge is 0.454 e. The lowest BCUT2D eigenvalue weighted by Gasteiger charge is -2.41. The fourth-order valence-electron chi connectivity index (χ4n) is 4.50. The van der Waals surface area contributed by atoms with Gasteiger partial charge in [-0.15, -0.1) is 0 Å². The molecule has 0 aliphatic carbocycles. The highest BCUT2D eigenvalue weighted by molar-refractivity contribution is 6.29. The molecular formula is C25H30ClN7O3. The molecule has 190 valence electrons. The first-order valence-electron chi connectivity index (χ1n) is 12.3. The zero-order valence-corrected chi connectivity index (χ0v) is 21.0. The Bertz CT molecular complexity index is 1190. The number of carbonyl (C=O) groups excluding carboxylic acids is 1. The first kappa shape index (κ1) is 24.3. The summed E-state index contributed by atoms with van der Waals surface area (Å²) in [7, 11) is 0. The lowest BCUT2D eigenvalue weighted by Crippen LogP contribution is -2.59. The van der Waals surface area contributed by atoms with Crippen LogP contribution >= 0.6 is 11.6 Å². The molecule has 1 atom stereocenters. The van der Waals surface area contributed by atoms with Crippen molar-refractivity contribution in [1.82, 2.24) is 29.7 Å². The van der Waals surface area contributed by atoms with Crippen molar-refractivity contribution in [2.75, 3.05) is 44.4 Å². The summed E-state index contributed by atoms with van der Waals surface area (Å²) in [5, 5.41) is 3.45. The van der Waals surface area contributed by atoms with Crippen LogP contribution in [0.2, 0.25) is 5.15 Å². The van der Waals surface area contributed by atoms with Gasteiger partial charge in [0, 0.05) is 44.6 Å². The average molecular weight is 512 g/mol. The molecule has 0 spiro atoms. The van der Waals surface area contributed by atoms with E-state index in [0.29, 0.717) is 43.0 Å². The highest BCUT2D eigenvalue weighted by atomic mass is 35.5. The van der Waals surface area contributed by atoms with Crippen LogP contribution in [0, 0.1) is 0 Å². The number of ether oxygens (including phenoxy) is 2. The van der Waals surface area contributed by atoms with E-state index in [9.17, 15) is 4.79 Å². The molecular weight excluding hydrogens is 482 g/mol. The molecule has 2 aliphatic rings. The fourth-order valence-corrected chi connectivity index (χ4v) is 4.67. The standard InChI is InChI=1S/C25H30ClN7O3/c1-2-3-9-31-11-12-33(23-14-22(26)29-25(30-23)32-10-8-27-16-32)19(15-31)24(34)28-7-6-18-4-5-20-21(13-18)36-17-35-20/h4-5,8,10,13-14,16,19H,2-3,6-7,9,11-12,15,17H2,1H3,(H,28,34). The molecule has 1 unspecified atom stereocenters.